The van der Waals surface area contributed by atoms with Crippen LogP contribution in [0.25, 0.3) is 0 Å². The molecule has 1 heterocycles. The van der Waals surface area contributed by atoms with Crippen LogP contribution < -0.4 is 0 Å². The molecule has 0 fully saturated rings. The topological polar surface area (TPSA) is 33.0 Å². The highest BCUT2D eigenvalue weighted by molar-refractivity contribution is 6.30. The van der Waals surface area contributed by atoms with Crippen LogP contribution in [0.15, 0.2) is 36.1 Å². The second kappa shape index (κ2) is 4.59. The molecule has 0 bridgehead atoms. The molecule has 1 aromatic carbocycles. The fourth-order valence-corrected chi connectivity index (χ4v) is 1.98. The number of hydrogen-bond acceptors (Lipinski definition) is 2. The lowest BCUT2D eigenvalue weighted by atomic mass is 9.95. The molecule has 0 unspecified atom stereocenters. The molecule has 0 spiro atoms. The summed E-state index contributed by atoms with van der Waals surface area (Å²) >= 11 is 5.83. The van der Waals surface area contributed by atoms with Gasteiger partial charge in [0.15, 0.2) is 5.76 Å². The Hall–Kier alpha value is -1.46. The second-order valence-corrected chi connectivity index (χ2v) is 4.45. The van der Waals surface area contributed by atoms with Gasteiger partial charge < -0.3 is 4.74 Å². The SMILES string of the molecule is C[C@@H]1C=C(C#N)O[C@H](c2ccc(Cl)cc2)C1. The van der Waals surface area contributed by atoms with Gasteiger partial charge in [-0.1, -0.05) is 30.7 Å². The highest BCUT2D eigenvalue weighted by atomic mass is 35.5. The first-order valence-corrected chi connectivity index (χ1v) is 5.61. The monoisotopic (exact) mass is 233 g/mol. The van der Waals surface area contributed by atoms with Gasteiger partial charge in [-0.3, -0.25) is 0 Å². The van der Waals surface area contributed by atoms with Crippen molar-refractivity contribution in [3.8, 4) is 6.07 Å². The third-order valence-corrected chi connectivity index (χ3v) is 2.89. The first-order chi connectivity index (χ1) is 7.69. The average molecular weight is 234 g/mol. The molecule has 82 valence electrons. The van der Waals surface area contributed by atoms with Crippen LogP contribution in [-0.2, 0) is 4.74 Å². The van der Waals surface area contributed by atoms with Gasteiger partial charge >= 0.3 is 0 Å². The van der Waals surface area contributed by atoms with E-state index in [0.717, 1.165) is 12.0 Å². The van der Waals surface area contributed by atoms with E-state index in [4.69, 9.17) is 21.6 Å². The number of hydrogen-bond donors (Lipinski definition) is 0. The summed E-state index contributed by atoms with van der Waals surface area (Å²) in [6, 6.07) is 9.63. The lowest BCUT2D eigenvalue weighted by Crippen LogP contribution is -2.13. The fraction of sp³-hybridized carbons (Fsp3) is 0.308. The molecule has 0 radical (unpaired) electrons. The van der Waals surface area contributed by atoms with Gasteiger partial charge in [-0.05, 0) is 36.1 Å². The number of nitrogens with zero attached hydrogens (tertiary/aromatic N) is 1. The van der Waals surface area contributed by atoms with E-state index in [0.29, 0.717) is 16.7 Å². The molecule has 0 amide bonds. The van der Waals surface area contributed by atoms with Crippen molar-refractivity contribution in [2.45, 2.75) is 19.4 Å². The van der Waals surface area contributed by atoms with Gasteiger partial charge in [-0.15, -0.1) is 0 Å². The molecule has 1 aliphatic heterocycles. The summed E-state index contributed by atoms with van der Waals surface area (Å²) in [6.07, 6.45) is 2.73. The van der Waals surface area contributed by atoms with Crippen LogP contribution >= 0.6 is 11.6 Å². The molecule has 16 heavy (non-hydrogen) atoms. The molecule has 0 N–H and O–H groups in total. The van der Waals surface area contributed by atoms with Crippen molar-refractivity contribution in [2.24, 2.45) is 5.92 Å². The Balaban J connectivity index is 2.21. The maximum Gasteiger partial charge on any atom is 0.193 e. The highest BCUT2D eigenvalue weighted by Crippen LogP contribution is 2.33. The molecule has 2 nitrogen and oxygen atoms in total. The van der Waals surface area contributed by atoms with Crippen LogP contribution in [0, 0.1) is 17.2 Å². The number of halogens is 1. The van der Waals surface area contributed by atoms with Crippen LogP contribution in [0.5, 0.6) is 0 Å². The summed E-state index contributed by atoms with van der Waals surface area (Å²) in [6.45, 7) is 2.09. The molecule has 0 aliphatic carbocycles. The van der Waals surface area contributed by atoms with E-state index < -0.39 is 0 Å². The first kappa shape index (κ1) is 11.0. The van der Waals surface area contributed by atoms with Gasteiger partial charge in [0.25, 0.3) is 0 Å². The normalized spacial score (nSPS) is 24.2. The van der Waals surface area contributed by atoms with Crippen molar-refractivity contribution in [3.63, 3.8) is 0 Å². The van der Waals surface area contributed by atoms with Crippen LogP contribution in [0.3, 0.4) is 0 Å². The van der Waals surface area contributed by atoms with Crippen LogP contribution in [0.1, 0.15) is 25.0 Å². The Kier molecular flexibility index (Phi) is 3.17. The number of rotatable bonds is 1. The zero-order valence-corrected chi connectivity index (χ0v) is 9.74. The van der Waals surface area contributed by atoms with E-state index in [1.54, 1.807) is 0 Å². The van der Waals surface area contributed by atoms with Gasteiger partial charge in [-0.2, -0.15) is 5.26 Å². The Morgan fingerprint density at radius 1 is 1.38 bits per heavy atom. The third-order valence-electron chi connectivity index (χ3n) is 2.64. The Morgan fingerprint density at radius 2 is 2.06 bits per heavy atom. The minimum atomic E-state index is -0.0353. The quantitative estimate of drug-likeness (QED) is 0.738. The van der Waals surface area contributed by atoms with Gasteiger partial charge in [0, 0.05) is 5.02 Å². The van der Waals surface area contributed by atoms with Crippen molar-refractivity contribution in [1.82, 2.24) is 0 Å². The summed E-state index contributed by atoms with van der Waals surface area (Å²) in [5, 5.41) is 9.56. The molecule has 3 heteroatoms. The molecule has 2 rings (SSSR count). The zero-order valence-electron chi connectivity index (χ0n) is 8.98. The zero-order chi connectivity index (χ0) is 11.5. The lowest BCUT2D eigenvalue weighted by Gasteiger charge is -2.25. The summed E-state index contributed by atoms with van der Waals surface area (Å²) < 4.78 is 5.59. The summed E-state index contributed by atoms with van der Waals surface area (Å²) in [4.78, 5) is 0. The second-order valence-electron chi connectivity index (χ2n) is 4.01. The molecule has 1 aliphatic rings. The molecule has 0 saturated heterocycles. The Labute approximate surface area is 100 Å². The molecule has 1 aromatic rings. The van der Waals surface area contributed by atoms with Crippen molar-refractivity contribution >= 4 is 11.6 Å². The lowest BCUT2D eigenvalue weighted by molar-refractivity contribution is 0.0923. The van der Waals surface area contributed by atoms with E-state index in [-0.39, 0.29) is 6.10 Å². The Bertz CT molecular complexity index is 444. The van der Waals surface area contributed by atoms with Crippen molar-refractivity contribution in [2.75, 3.05) is 0 Å². The average Bonchev–Trinajstić information content (AvgIpc) is 2.29. The minimum Gasteiger partial charge on any atom is -0.476 e. The van der Waals surface area contributed by atoms with Crippen LogP contribution in [-0.4, -0.2) is 0 Å². The number of benzene rings is 1. The minimum absolute atomic E-state index is 0.0353. The van der Waals surface area contributed by atoms with Crippen LogP contribution in [0.2, 0.25) is 5.02 Å². The van der Waals surface area contributed by atoms with Gasteiger partial charge in [0.05, 0.1) is 0 Å². The molecular formula is C13H12ClNO. The van der Waals surface area contributed by atoms with E-state index in [9.17, 15) is 0 Å². The predicted molar refractivity (Wildman–Crippen MR) is 62.8 cm³/mol. The van der Waals surface area contributed by atoms with Gasteiger partial charge in [-0.25, -0.2) is 0 Å². The largest absolute Gasteiger partial charge is 0.476 e. The number of allylic oxidation sites excluding steroid dienone is 2. The van der Waals surface area contributed by atoms with Gasteiger partial charge in [0.2, 0.25) is 0 Å². The van der Waals surface area contributed by atoms with Crippen molar-refractivity contribution in [3.05, 3.63) is 46.7 Å². The maximum atomic E-state index is 8.85. The predicted octanol–water partition coefficient (Wildman–Crippen LogP) is 3.84. The van der Waals surface area contributed by atoms with E-state index >= 15 is 0 Å². The number of nitriles is 1. The maximum absolute atomic E-state index is 8.85. The standard InChI is InChI=1S/C13H12ClNO/c1-9-6-12(8-15)16-13(7-9)10-2-4-11(14)5-3-10/h2-6,9,13H,7H2,1H3/t9-,13+/m1/s1. The van der Waals surface area contributed by atoms with Crippen LogP contribution in [0.4, 0.5) is 0 Å². The van der Waals surface area contributed by atoms with Crippen molar-refractivity contribution in [1.29, 1.82) is 5.26 Å². The summed E-state index contributed by atoms with van der Waals surface area (Å²) in [5.41, 5.74) is 1.07. The third kappa shape index (κ3) is 2.37. The van der Waals surface area contributed by atoms with E-state index in [2.05, 4.69) is 13.0 Å². The molecule has 2 atom stereocenters. The fourth-order valence-electron chi connectivity index (χ4n) is 1.85. The molecule has 0 saturated carbocycles. The highest BCUT2D eigenvalue weighted by Gasteiger charge is 2.22. The summed E-state index contributed by atoms with van der Waals surface area (Å²) in [7, 11) is 0. The van der Waals surface area contributed by atoms with E-state index in [1.807, 2.05) is 30.3 Å². The smallest absolute Gasteiger partial charge is 0.193 e. The Morgan fingerprint density at radius 3 is 2.69 bits per heavy atom. The number of ether oxygens (including phenoxy) is 1. The van der Waals surface area contributed by atoms with Crippen molar-refractivity contribution < 1.29 is 4.74 Å². The summed E-state index contributed by atoms with van der Waals surface area (Å²) in [5.74, 6) is 0.780. The van der Waals surface area contributed by atoms with E-state index in [1.165, 1.54) is 0 Å². The van der Waals surface area contributed by atoms with Gasteiger partial charge in [0.1, 0.15) is 12.2 Å². The molecule has 0 aromatic heterocycles. The first-order valence-electron chi connectivity index (χ1n) is 5.23. The molecular weight excluding hydrogens is 222 g/mol.